The SMILES string of the molecule is COc1ccccc1CCNC(=O)N(C)CC1(O)CCCCCC1. The first-order valence-corrected chi connectivity index (χ1v) is 8.87. The summed E-state index contributed by atoms with van der Waals surface area (Å²) < 4.78 is 5.32. The molecule has 1 aromatic rings. The Kier molecular flexibility index (Phi) is 6.91. The highest BCUT2D eigenvalue weighted by molar-refractivity contribution is 5.73. The van der Waals surface area contributed by atoms with E-state index in [1.54, 1.807) is 19.1 Å². The molecule has 2 rings (SSSR count). The van der Waals surface area contributed by atoms with Crippen LogP contribution in [0, 0.1) is 0 Å². The largest absolute Gasteiger partial charge is 0.496 e. The lowest BCUT2D eigenvalue weighted by Crippen LogP contribution is -2.47. The maximum atomic E-state index is 12.3. The van der Waals surface area contributed by atoms with Crippen LogP contribution >= 0.6 is 0 Å². The van der Waals surface area contributed by atoms with Gasteiger partial charge < -0.3 is 20.1 Å². The van der Waals surface area contributed by atoms with Crippen LogP contribution in [0.2, 0.25) is 0 Å². The lowest BCUT2D eigenvalue weighted by molar-refractivity contribution is 0.00466. The summed E-state index contributed by atoms with van der Waals surface area (Å²) in [5, 5.41) is 13.6. The summed E-state index contributed by atoms with van der Waals surface area (Å²) in [4.78, 5) is 13.9. The molecule has 0 radical (unpaired) electrons. The van der Waals surface area contributed by atoms with Crippen LogP contribution in [0.5, 0.6) is 5.75 Å². The molecule has 24 heavy (non-hydrogen) atoms. The third-order valence-corrected chi connectivity index (χ3v) is 4.78. The van der Waals surface area contributed by atoms with Gasteiger partial charge in [-0.15, -0.1) is 0 Å². The van der Waals surface area contributed by atoms with Crippen molar-refractivity contribution in [1.29, 1.82) is 0 Å². The fraction of sp³-hybridized carbons (Fsp3) is 0.632. The standard InChI is InChI=1S/C19H30N2O3/c1-21(15-19(23)12-7-3-4-8-13-19)18(22)20-14-11-16-9-5-6-10-17(16)24-2/h5-6,9-10,23H,3-4,7-8,11-15H2,1-2H3,(H,20,22). The Balaban J connectivity index is 1.79. The van der Waals surface area contributed by atoms with E-state index in [9.17, 15) is 9.90 Å². The van der Waals surface area contributed by atoms with Crippen LogP contribution in [0.1, 0.15) is 44.1 Å². The van der Waals surface area contributed by atoms with Crippen LogP contribution in [0.3, 0.4) is 0 Å². The van der Waals surface area contributed by atoms with Gasteiger partial charge in [0.05, 0.1) is 19.3 Å². The number of nitrogens with one attached hydrogen (secondary N) is 1. The van der Waals surface area contributed by atoms with Crippen LogP contribution in [0.25, 0.3) is 0 Å². The molecule has 0 saturated heterocycles. The number of aliphatic hydroxyl groups is 1. The number of carbonyl (C=O) groups is 1. The molecule has 1 saturated carbocycles. The lowest BCUT2D eigenvalue weighted by Gasteiger charge is -2.31. The second-order valence-electron chi connectivity index (χ2n) is 6.79. The molecular formula is C19H30N2O3. The number of hydrogen-bond donors (Lipinski definition) is 2. The van der Waals surface area contributed by atoms with Gasteiger partial charge in [0.15, 0.2) is 0 Å². The van der Waals surface area contributed by atoms with Gasteiger partial charge in [-0.25, -0.2) is 4.79 Å². The van der Waals surface area contributed by atoms with Crippen molar-refractivity contribution in [2.24, 2.45) is 0 Å². The number of urea groups is 1. The summed E-state index contributed by atoms with van der Waals surface area (Å²) >= 11 is 0. The third-order valence-electron chi connectivity index (χ3n) is 4.78. The second-order valence-corrected chi connectivity index (χ2v) is 6.79. The normalized spacial score (nSPS) is 17.0. The molecular weight excluding hydrogens is 304 g/mol. The van der Waals surface area contributed by atoms with E-state index in [2.05, 4.69) is 5.32 Å². The number of nitrogens with zero attached hydrogens (tertiary/aromatic N) is 1. The van der Waals surface area contributed by atoms with E-state index in [4.69, 9.17) is 4.74 Å². The number of carbonyl (C=O) groups excluding carboxylic acids is 1. The van der Waals surface area contributed by atoms with Crippen LogP contribution in [0.4, 0.5) is 4.79 Å². The van der Waals surface area contributed by atoms with Crippen molar-refractivity contribution in [3.05, 3.63) is 29.8 Å². The molecule has 0 unspecified atom stereocenters. The maximum Gasteiger partial charge on any atom is 0.317 e. The summed E-state index contributed by atoms with van der Waals surface area (Å²) in [6.45, 7) is 0.940. The first-order valence-electron chi connectivity index (χ1n) is 8.87. The summed E-state index contributed by atoms with van der Waals surface area (Å²) in [6.07, 6.45) is 6.72. The number of hydrogen-bond acceptors (Lipinski definition) is 3. The molecule has 0 heterocycles. The predicted molar refractivity (Wildman–Crippen MR) is 95.4 cm³/mol. The molecule has 1 aliphatic rings. The quantitative estimate of drug-likeness (QED) is 0.786. The fourth-order valence-electron chi connectivity index (χ4n) is 3.41. The number of benzene rings is 1. The van der Waals surface area contributed by atoms with Gasteiger partial charge in [-0.1, -0.05) is 43.9 Å². The van der Waals surface area contributed by atoms with Crippen molar-refractivity contribution in [2.75, 3.05) is 27.2 Å². The van der Waals surface area contributed by atoms with Gasteiger partial charge in [0.2, 0.25) is 0 Å². The van der Waals surface area contributed by atoms with Crippen LogP contribution in [-0.4, -0.2) is 48.9 Å². The molecule has 0 atom stereocenters. The van der Waals surface area contributed by atoms with Crippen molar-refractivity contribution < 1.29 is 14.6 Å². The van der Waals surface area contributed by atoms with Gasteiger partial charge in [0.1, 0.15) is 5.75 Å². The van der Waals surface area contributed by atoms with Gasteiger partial charge in [0, 0.05) is 13.6 Å². The molecule has 2 amide bonds. The zero-order valence-electron chi connectivity index (χ0n) is 14.9. The second kappa shape index (κ2) is 8.92. The van der Waals surface area contributed by atoms with Gasteiger partial charge in [-0.05, 0) is 30.9 Å². The summed E-state index contributed by atoms with van der Waals surface area (Å²) in [5.41, 5.74) is 0.343. The number of likely N-dealkylation sites (N-methyl/N-ethyl adjacent to an activating group) is 1. The van der Waals surface area contributed by atoms with E-state index in [0.29, 0.717) is 19.5 Å². The monoisotopic (exact) mass is 334 g/mol. The number of ether oxygens (including phenoxy) is 1. The minimum atomic E-state index is -0.731. The lowest BCUT2D eigenvalue weighted by atomic mass is 9.94. The summed E-state index contributed by atoms with van der Waals surface area (Å²) in [7, 11) is 3.40. The van der Waals surface area contributed by atoms with Crippen molar-refractivity contribution in [1.82, 2.24) is 10.2 Å². The zero-order chi connectivity index (χ0) is 17.4. The molecule has 0 spiro atoms. The van der Waals surface area contributed by atoms with E-state index < -0.39 is 5.60 Å². The van der Waals surface area contributed by atoms with Crippen LogP contribution in [0.15, 0.2) is 24.3 Å². The Morgan fingerprint density at radius 2 is 1.92 bits per heavy atom. The minimum Gasteiger partial charge on any atom is -0.496 e. The molecule has 0 aliphatic heterocycles. The third kappa shape index (κ3) is 5.41. The van der Waals surface area contributed by atoms with Gasteiger partial charge in [-0.3, -0.25) is 0 Å². The van der Waals surface area contributed by atoms with Crippen molar-refractivity contribution in [2.45, 2.75) is 50.5 Å². The van der Waals surface area contributed by atoms with E-state index in [0.717, 1.165) is 37.0 Å². The predicted octanol–water partition coefficient (Wildman–Crippen LogP) is 2.96. The molecule has 1 aliphatic carbocycles. The number of amides is 2. The summed E-state index contributed by atoms with van der Waals surface area (Å²) in [6, 6.07) is 7.69. The molecule has 0 bridgehead atoms. The van der Waals surface area contributed by atoms with Gasteiger partial charge in [0.25, 0.3) is 0 Å². The fourth-order valence-corrected chi connectivity index (χ4v) is 3.41. The summed E-state index contributed by atoms with van der Waals surface area (Å²) in [5.74, 6) is 0.841. The number of para-hydroxylation sites is 1. The average Bonchev–Trinajstić information content (AvgIpc) is 2.79. The highest BCUT2D eigenvalue weighted by Crippen LogP contribution is 2.27. The number of methoxy groups -OCH3 is 1. The highest BCUT2D eigenvalue weighted by Gasteiger charge is 2.30. The Morgan fingerprint density at radius 3 is 2.58 bits per heavy atom. The Labute approximate surface area is 145 Å². The van der Waals surface area contributed by atoms with Gasteiger partial charge in [-0.2, -0.15) is 0 Å². The first kappa shape index (κ1) is 18.6. The number of rotatable bonds is 6. The van der Waals surface area contributed by atoms with E-state index in [1.807, 2.05) is 24.3 Å². The van der Waals surface area contributed by atoms with E-state index in [1.165, 1.54) is 12.8 Å². The maximum absolute atomic E-state index is 12.3. The molecule has 2 N–H and O–H groups in total. The Bertz CT molecular complexity index is 525. The smallest absolute Gasteiger partial charge is 0.317 e. The Hall–Kier alpha value is -1.75. The molecule has 5 heteroatoms. The highest BCUT2D eigenvalue weighted by atomic mass is 16.5. The average molecular weight is 334 g/mol. The van der Waals surface area contributed by atoms with Crippen molar-refractivity contribution >= 4 is 6.03 Å². The van der Waals surface area contributed by atoms with E-state index in [-0.39, 0.29) is 6.03 Å². The molecule has 1 aromatic carbocycles. The van der Waals surface area contributed by atoms with Gasteiger partial charge >= 0.3 is 6.03 Å². The minimum absolute atomic E-state index is 0.137. The first-order chi connectivity index (χ1) is 11.5. The van der Waals surface area contributed by atoms with Crippen molar-refractivity contribution in [3.63, 3.8) is 0 Å². The van der Waals surface area contributed by atoms with Crippen molar-refractivity contribution in [3.8, 4) is 5.75 Å². The zero-order valence-corrected chi connectivity index (χ0v) is 14.9. The van der Waals surface area contributed by atoms with E-state index >= 15 is 0 Å². The van der Waals surface area contributed by atoms with Crippen LogP contribution in [-0.2, 0) is 6.42 Å². The molecule has 134 valence electrons. The Morgan fingerprint density at radius 1 is 1.25 bits per heavy atom. The molecule has 5 nitrogen and oxygen atoms in total. The molecule has 1 fully saturated rings. The van der Waals surface area contributed by atoms with Crippen LogP contribution < -0.4 is 10.1 Å². The molecule has 0 aromatic heterocycles. The topological polar surface area (TPSA) is 61.8 Å².